The highest BCUT2D eigenvalue weighted by molar-refractivity contribution is 5.91. The summed E-state index contributed by atoms with van der Waals surface area (Å²) in [4.78, 5) is 26.2. The molecule has 4 aromatic rings. The molecule has 5 nitrogen and oxygen atoms in total. The number of ether oxygens (including phenoxy) is 2. The maximum absolute atomic E-state index is 15.2. The number of esters is 2. The summed E-state index contributed by atoms with van der Waals surface area (Å²) >= 11 is 0. The molecule has 0 aliphatic carbocycles. The Morgan fingerprint density at radius 2 is 1.23 bits per heavy atom. The fourth-order valence-electron chi connectivity index (χ4n) is 4.69. The molecule has 1 atom stereocenters. The molecule has 12 heteroatoms. The molecule has 0 aliphatic heterocycles. The molecule has 0 saturated heterocycles. The van der Waals surface area contributed by atoms with Crippen LogP contribution in [0.3, 0.4) is 0 Å². The van der Waals surface area contributed by atoms with E-state index in [0.717, 1.165) is 29.3 Å². The van der Waals surface area contributed by atoms with Gasteiger partial charge in [0, 0.05) is 6.42 Å². The molecule has 1 unspecified atom stereocenters. The molecular weight excluding hydrogens is 631 g/mol. The fraction of sp³-hybridized carbons (Fsp3) is 0.257. The zero-order valence-electron chi connectivity index (χ0n) is 25.4. The van der Waals surface area contributed by atoms with E-state index in [1.165, 1.54) is 0 Å². The first kappa shape index (κ1) is 35.1. The predicted octanol–water partition coefficient (Wildman–Crippen LogP) is 8.71. The van der Waals surface area contributed by atoms with E-state index in [0.29, 0.717) is 0 Å². The Bertz CT molecular complexity index is 1630. The van der Waals surface area contributed by atoms with Crippen molar-refractivity contribution < 1.29 is 49.8 Å². The van der Waals surface area contributed by atoms with Crippen LogP contribution in [0, 0.1) is 5.82 Å². The average molecular weight is 662 g/mol. The molecule has 0 radical (unpaired) electrons. The summed E-state index contributed by atoms with van der Waals surface area (Å²) in [6.07, 6.45) is -10.7. The summed E-state index contributed by atoms with van der Waals surface area (Å²) in [6, 6.07) is 19.8. The minimum atomic E-state index is -5.18. The van der Waals surface area contributed by atoms with E-state index in [-0.39, 0.29) is 35.9 Å². The van der Waals surface area contributed by atoms with Crippen molar-refractivity contribution in [3.63, 3.8) is 0 Å². The topological polar surface area (TPSA) is 64.6 Å². The van der Waals surface area contributed by atoms with E-state index in [4.69, 9.17) is 9.47 Å². The third-order valence-corrected chi connectivity index (χ3v) is 6.80. The van der Waals surface area contributed by atoms with Crippen molar-refractivity contribution in [1.29, 1.82) is 0 Å². The quantitative estimate of drug-likeness (QED) is 0.111. The van der Waals surface area contributed by atoms with Crippen LogP contribution in [-0.2, 0) is 28.3 Å². The number of carbonyl (C=O) groups excluding carboxylic acids is 2. The minimum absolute atomic E-state index is 0.116. The summed E-state index contributed by atoms with van der Waals surface area (Å²) < 4.78 is 106. The van der Waals surface area contributed by atoms with Crippen molar-refractivity contribution >= 4 is 11.9 Å². The van der Waals surface area contributed by atoms with Gasteiger partial charge in [0.05, 0.1) is 22.7 Å². The monoisotopic (exact) mass is 661 g/mol. The molecule has 0 bridgehead atoms. The second-order valence-corrected chi connectivity index (χ2v) is 11.6. The van der Waals surface area contributed by atoms with Crippen LogP contribution < -0.4 is 10.1 Å². The normalized spacial score (nSPS) is 12.9. The van der Waals surface area contributed by atoms with Gasteiger partial charge in [0.25, 0.3) is 0 Å². The maximum Gasteiger partial charge on any atom is 0.416 e. The lowest BCUT2D eigenvalue weighted by molar-refractivity contribution is -0.157. The van der Waals surface area contributed by atoms with Crippen molar-refractivity contribution in [3.05, 3.63) is 136 Å². The summed E-state index contributed by atoms with van der Waals surface area (Å²) in [5, 5.41) is 3.25. The number of nitrogens with one attached hydrogen (secondary N) is 1. The lowest BCUT2D eigenvalue weighted by atomic mass is 9.96. The van der Waals surface area contributed by atoms with E-state index in [9.17, 15) is 35.9 Å². The summed E-state index contributed by atoms with van der Waals surface area (Å²) in [5.41, 5.74) is -3.89. The van der Waals surface area contributed by atoms with Gasteiger partial charge in [-0.2, -0.15) is 26.3 Å². The minimum Gasteiger partial charge on any atom is -0.459 e. The molecule has 0 aliphatic rings. The fourth-order valence-corrected chi connectivity index (χ4v) is 4.69. The van der Waals surface area contributed by atoms with Gasteiger partial charge >= 0.3 is 24.3 Å². The van der Waals surface area contributed by atoms with Gasteiger partial charge in [-0.05, 0) is 73.9 Å². The molecule has 4 rings (SSSR count). The van der Waals surface area contributed by atoms with Crippen LogP contribution in [0.1, 0.15) is 65.0 Å². The number of benzene rings is 4. The maximum atomic E-state index is 15.2. The Labute approximate surface area is 266 Å². The third-order valence-electron chi connectivity index (χ3n) is 6.80. The molecule has 1 N–H and O–H groups in total. The number of hydrogen-bond acceptors (Lipinski definition) is 5. The number of carbonyl (C=O) groups is 2. The van der Waals surface area contributed by atoms with Crippen molar-refractivity contribution in [2.75, 3.05) is 0 Å². The standard InChI is InChI=1S/C35H30F7NO4/c1-33(2,3)47-32(45)29(43-30(21-10-6-4-7-11-21)22-12-8-5-9-13-22)19-23-18-27(14-15-28(23)36)46-31(44)24-16-25(34(37,38)39)20-26(17-24)35(40,41)42/h4-18,20,29-30,43H,19H2,1-3H3. The Morgan fingerprint density at radius 1 is 0.723 bits per heavy atom. The van der Waals surface area contributed by atoms with Crippen LogP contribution >= 0.6 is 0 Å². The lowest BCUT2D eigenvalue weighted by Gasteiger charge is -2.29. The number of hydrogen-bond donors (Lipinski definition) is 1. The van der Waals surface area contributed by atoms with E-state index in [1.807, 2.05) is 60.7 Å². The highest BCUT2D eigenvalue weighted by atomic mass is 19.4. The molecule has 4 aromatic carbocycles. The summed E-state index contributed by atoms with van der Waals surface area (Å²) in [7, 11) is 0. The molecule has 0 fully saturated rings. The van der Waals surface area contributed by atoms with Crippen LogP contribution in [0.5, 0.6) is 5.75 Å². The van der Waals surface area contributed by atoms with Crippen molar-refractivity contribution in [2.24, 2.45) is 0 Å². The first-order valence-corrected chi connectivity index (χ1v) is 14.3. The first-order chi connectivity index (χ1) is 21.9. The molecule has 0 saturated carbocycles. The lowest BCUT2D eigenvalue weighted by Crippen LogP contribution is -2.44. The smallest absolute Gasteiger partial charge is 0.416 e. The number of halogens is 7. The van der Waals surface area contributed by atoms with Crippen LogP contribution in [0.4, 0.5) is 30.7 Å². The SMILES string of the molecule is CC(C)(C)OC(=O)C(Cc1cc(OC(=O)c2cc(C(F)(F)F)cc(C(F)(F)F)c2)ccc1F)NC(c1ccccc1)c1ccccc1. The Balaban J connectivity index is 1.67. The molecule has 248 valence electrons. The molecule has 0 amide bonds. The second kappa shape index (κ2) is 14.0. The molecule has 0 aromatic heterocycles. The number of rotatable bonds is 9. The number of alkyl halides is 6. The first-order valence-electron chi connectivity index (χ1n) is 14.3. The zero-order valence-corrected chi connectivity index (χ0v) is 25.4. The Kier molecular flexibility index (Phi) is 10.4. The van der Waals surface area contributed by atoms with Gasteiger partial charge in [0.1, 0.15) is 23.2 Å². The van der Waals surface area contributed by atoms with Crippen LogP contribution in [-0.4, -0.2) is 23.6 Å². The molecule has 0 heterocycles. The van der Waals surface area contributed by atoms with Crippen molar-refractivity contribution in [1.82, 2.24) is 5.32 Å². The zero-order chi connectivity index (χ0) is 34.6. The molecular formula is C35H30F7NO4. The highest BCUT2D eigenvalue weighted by Gasteiger charge is 2.38. The highest BCUT2D eigenvalue weighted by Crippen LogP contribution is 2.36. The Hall–Kier alpha value is -4.71. The second-order valence-electron chi connectivity index (χ2n) is 11.6. The summed E-state index contributed by atoms with van der Waals surface area (Å²) in [5.74, 6) is -3.44. The van der Waals surface area contributed by atoms with Crippen LogP contribution in [0.2, 0.25) is 0 Å². The van der Waals surface area contributed by atoms with Gasteiger partial charge in [-0.25, -0.2) is 9.18 Å². The average Bonchev–Trinajstić information content (AvgIpc) is 2.99. The van der Waals surface area contributed by atoms with E-state index in [2.05, 4.69) is 5.32 Å². The van der Waals surface area contributed by atoms with Crippen LogP contribution in [0.15, 0.2) is 97.1 Å². The van der Waals surface area contributed by atoms with Gasteiger partial charge in [-0.3, -0.25) is 10.1 Å². The van der Waals surface area contributed by atoms with E-state index in [1.54, 1.807) is 20.8 Å². The van der Waals surface area contributed by atoms with Gasteiger partial charge in [-0.15, -0.1) is 0 Å². The summed E-state index contributed by atoms with van der Waals surface area (Å²) in [6.45, 7) is 4.98. The van der Waals surface area contributed by atoms with Crippen LogP contribution in [0.25, 0.3) is 0 Å². The third kappa shape index (κ3) is 9.65. The van der Waals surface area contributed by atoms with Gasteiger partial charge in [0.15, 0.2) is 0 Å². The van der Waals surface area contributed by atoms with E-state index >= 15 is 4.39 Å². The Morgan fingerprint density at radius 3 is 1.70 bits per heavy atom. The van der Waals surface area contributed by atoms with Crippen molar-refractivity contribution in [2.45, 2.75) is 57.2 Å². The predicted molar refractivity (Wildman–Crippen MR) is 159 cm³/mol. The van der Waals surface area contributed by atoms with Gasteiger partial charge < -0.3 is 9.47 Å². The molecule has 47 heavy (non-hydrogen) atoms. The largest absolute Gasteiger partial charge is 0.459 e. The van der Waals surface area contributed by atoms with Gasteiger partial charge in [-0.1, -0.05) is 60.7 Å². The van der Waals surface area contributed by atoms with Crippen molar-refractivity contribution in [3.8, 4) is 5.75 Å². The van der Waals surface area contributed by atoms with Gasteiger partial charge in [0.2, 0.25) is 0 Å². The molecule has 0 spiro atoms. The van der Waals surface area contributed by atoms with E-state index < -0.39 is 64.5 Å².